The standard InChI is InChI=1S/C61H114O6/c1-4-7-10-13-16-18-20-22-23-24-25-26-27-28-29-30-31-32-33-34-35-36-37-39-40-42-45-48-51-54-60(63)66-57-58(56-65-59(62)53-50-47-44-15-12-9-6-3)67-61(64)55-52-49-46-43-41-38-21-19-17-14-11-8-5-2/h20,22,24-25,58H,4-19,21,23,26-57H2,1-3H3/b22-20-,25-24-. The third kappa shape index (κ3) is 54.7. The summed E-state index contributed by atoms with van der Waals surface area (Å²) in [7, 11) is 0. The molecule has 0 N–H and O–H groups in total. The van der Waals surface area contributed by atoms with Crippen LogP contribution in [0.5, 0.6) is 0 Å². The molecular weight excluding hydrogens is 829 g/mol. The van der Waals surface area contributed by atoms with Crippen molar-refractivity contribution >= 4 is 17.9 Å². The van der Waals surface area contributed by atoms with Crippen molar-refractivity contribution in [1.29, 1.82) is 0 Å². The van der Waals surface area contributed by atoms with Crippen molar-refractivity contribution in [2.45, 2.75) is 335 Å². The van der Waals surface area contributed by atoms with Gasteiger partial charge in [-0.2, -0.15) is 0 Å². The fraction of sp³-hybridized carbons (Fsp3) is 0.885. The lowest BCUT2D eigenvalue weighted by molar-refractivity contribution is -0.167. The van der Waals surface area contributed by atoms with Crippen molar-refractivity contribution in [3.05, 3.63) is 24.3 Å². The van der Waals surface area contributed by atoms with Crippen LogP contribution in [0.2, 0.25) is 0 Å². The molecule has 0 bridgehead atoms. The molecule has 0 heterocycles. The van der Waals surface area contributed by atoms with Crippen LogP contribution in [0.15, 0.2) is 24.3 Å². The molecule has 0 saturated heterocycles. The molecule has 0 aliphatic heterocycles. The molecule has 6 heteroatoms. The Hall–Kier alpha value is -2.11. The number of ether oxygens (including phenoxy) is 3. The van der Waals surface area contributed by atoms with Crippen LogP contribution < -0.4 is 0 Å². The third-order valence-corrected chi connectivity index (χ3v) is 13.5. The van der Waals surface area contributed by atoms with E-state index in [0.717, 1.165) is 64.2 Å². The highest BCUT2D eigenvalue weighted by molar-refractivity contribution is 5.71. The van der Waals surface area contributed by atoms with Crippen molar-refractivity contribution < 1.29 is 28.6 Å². The second-order valence-electron chi connectivity index (χ2n) is 20.3. The maximum atomic E-state index is 12.8. The van der Waals surface area contributed by atoms with Gasteiger partial charge in [0.05, 0.1) is 0 Å². The molecular formula is C61H114O6. The average Bonchev–Trinajstić information content (AvgIpc) is 3.33. The Morgan fingerprint density at radius 1 is 0.299 bits per heavy atom. The summed E-state index contributed by atoms with van der Waals surface area (Å²) in [5.74, 6) is -0.853. The Bertz CT molecular complexity index is 1080. The van der Waals surface area contributed by atoms with Gasteiger partial charge in [0.15, 0.2) is 6.10 Å². The highest BCUT2D eigenvalue weighted by Gasteiger charge is 2.19. The lowest BCUT2D eigenvalue weighted by Gasteiger charge is -2.18. The Morgan fingerprint density at radius 3 is 0.821 bits per heavy atom. The van der Waals surface area contributed by atoms with Gasteiger partial charge in [0, 0.05) is 19.3 Å². The minimum atomic E-state index is -0.762. The number of carbonyl (C=O) groups is 3. The van der Waals surface area contributed by atoms with Crippen molar-refractivity contribution in [1.82, 2.24) is 0 Å². The summed E-state index contributed by atoms with van der Waals surface area (Å²) < 4.78 is 16.8. The normalized spacial score (nSPS) is 12.1. The number of esters is 3. The van der Waals surface area contributed by atoms with Crippen molar-refractivity contribution in [2.75, 3.05) is 13.2 Å². The number of unbranched alkanes of at least 4 members (excludes halogenated alkanes) is 40. The van der Waals surface area contributed by atoms with Crippen LogP contribution in [-0.4, -0.2) is 37.2 Å². The maximum Gasteiger partial charge on any atom is 0.306 e. The molecule has 0 spiro atoms. The highest BCUT2D eigenvalue weighted by atomic mass is 16.6. The lowest BCUT2D eigenvalue weighted by atomic mass is 10.0. The zero-order valence-corrected chi connectivity index (χ0v) is 45.2. The first kappa shape index (κ1) is 64.9. The lowest BCUT2D eigenvalue weighted by Crippen LogP contribution is -2.30. The van der Waals surface area contributed by atoms with E-state index in [-0.39, 0.29) is 31.1 Å². The predicted octanol–water partition coefficient (Wildman–Crippen LogP) is 19.9. The number of hydrogen-bond acceptors (Lipinski definition) is 6. The molecule has 0 fully saturated rings. The van der Waals surface area contributed by atoms with Gasteiger partial charge in [0.25, 0.3) is 0 Å². The van der Waals surface area contributed by atoms with Gasteiger partial charge in [-0.25, -0.2) is 0 Å². The summed E-state index contributed by atoms with van der Waals surface area (Å²) in [5, 5.41) is 0. The quantitative estimate of drug-likeness (QED) is 0.0262. The van der Waals surface area contributed by atoms with E-state index in [1.54, 1.807) is 0 Å². The molecule has 0 aliphatic carbocycles. The first-order valence-corrected chi connectivity index (χ1v) is 29.8. The van der Waals surface area contributed by atoms with Gasteiger partial charge in [0.2, 0.25) is 0 Å². The molecule has 0 aromatic carbocycles. The zero-order valence-electron chi connectivity index (χ0n) is 45.2. The van der Waals surface area contributed by atoms with Crippen LogP contribution >= 0.6 is 0 Å². The van der Waals surface area contributed by atoms with Crippen molar-refractivity contribution in [3.63, 3.8) is 0 Å². The topological polar surface area (TPSA) is 78.9 Å². The van der Waals surface area contributed by atoms with Crippen LogP contribution in [0.1, 0.15) is 329 Å². The number of hydrogen-bond donors (Lipinski definition) is 0. The summed E-state index contributed by atoms with van der Waals surface area (Å²) in [5.41, 5.74) is 0. The Balaban J connectivity index is 3.99. The van der Waals surface area contributed by atoms with Crippen molar-refractivity contribution in [2.24, 2.45) is 0 Å². The second kappa shape index (κ2) is 56.5. The SMILES string of the molecule is CCCCCCC/C=C\C/C=C\CCCCCCCCCCCCCCCCCCCC(=O)OCC(COC(=O)CCCCCCCCC)OC(=O)CCCCCCCCCCCCCCC. The Kier molecular flexibility index (Phi) is 54.7. The van der Waals surface area contributed by atoms with Gasteiger partial charge < -0.3 is 14.2 Å². The molecule has 0 aromatic rings. The maximum absolute atomic E-state index is 12.8. The largest absolute Gasteiger partial charge is 0.462 e. The molecule has 0 amide bonds. The third-order valence-electron chi connectivity index (χ3n) is 13.5. The number of rotatable bonds is 55. The van der Waals surface area contributed by atoms with Crippen LogP contribution in [0.25, 0.3) is 0 Å². The van der Waals surface area contributed by atoms with Crippen LogP contribution in [-0.2, 0) is 28.6 Å². The molecule has 6 nitrogen and oxygen atoms in total. The van der Waals surface area contributed by atoms with E-state index in [0.29, 0.717) is 19.3 Å². The Labute approximate surface area is 417 Å². The van der Waals surface area contributed by atoms with E-state index in [1.165, 1.54) is 225 Å². The van der Waals surface area contributed by atoms with Gasteiger partial charge in [-0.3, -0.25) is 14.4 Å². The fourth-order valence-electron chi connectivity index (χ4n) is 8.95. The summed E-state index contributed by atoms with van der Waals surface area (Å²) in [6, 6.07) is 0. The molecule has 0 radical (unpaired) electrons. The molecule has 1 unspecified atom stereocenters. The van der Waals surface area contributed by atoms with Crippen molar-refractivity contribution in [3.8, 4) is 0 Å². The summed E-state index contributed by atoms with van der Waals surface area (Å²) in [6.07, 6.45) is 66.4. The number of carbonyl (C=O) groups excluding carboxylic acids is 3. The molecule has 67 heavy (non-hydrogen) atoms. The van der Waals surface area contributed by atoms with Gasteiger partial charge >= 0.3 is 17.9 Å². The summed E-state index contributed by atoms with van der Waals surface area (Å²) in [4.78, 5) is 37.9. The van der Waals surface area contributed by atoms with Gasteiger partial charge in [-0.05, 0) is 51.4 Å². The van der Waals surface area contributed by atoms with E-state index in [2.05, 4.69) is 45.1 Å². The molecule has 394 valence electrons. The van der Waals surface area contributed by atoms with E-state index in [9.17, 15) is 14.4 Å². The van der Waals surface area contributed by atoms with Crippen LogP contribution in [0.4, 0.5) is 0 Å². The van der Waals surface area contributed by atoms with E-state index < -0.39 is 6.10 Å². The number of allylic oxidation sites excluding steroid dienone is 4. The van der Waals surface area contributed by atoms with Crippen LogP contribution in [0, 0.1) is 0 Å². The summed E-state index contributed by atoms with van der Waals surface area (Å²) >= 11 is 0. The van der Waals surface area contributed by atoms with Gasteiger partial charge in [0.1, 0.15) is 13.2 Å². The summed E-state index contributed by atoms with van der Waals surface area (Å²) in [6.45, 7) is 6.63. The van der Waals surface area contributed by atoms with Gasteiger partial charge in [-0.1, -0.05) is 283 Å². The zero-order chi connectivity index (χ0) is 48.6. The Morgan fingerprint density at radius 2 is 0.537 bits per heavy atom. The average molecular weight is 944 g/mol. The highest BCUT2D eigenvalue weighted by Crippen LogP contribution is 2.17. The van der Waals surface area contributed by atoms with Crippen LogP contribution in [0.3, 0.4) is 0 Å². The molecule has 0 aliphatic rings. The molecule has 0 rings (SSSR count). The monoisotopic (exact) mass is 943 g/mol. The first-order chi connectivity index (χ1) is 33.0. The smallest absolute Gasteiger partial charge is 0.306 e. The molecule has 1 atom stereocenters. The first-order valence-electron chi connectivity index (χ1n) is 29.8. The molecule has 0 saturated carbocycles. The minimum absolute atomic E-state index is 0.0653. The molecule has 0 aromatic heterocycles. The second-order valence-corrected chi connectivity index (χ2v) is 20.3. The fourth-order valence-corrected chi connectivity index (χ4v) is 8.95. The van der Waals surface area contributed by atoms with Gasteiger partial charge in [-0.15, -0.1) is 0 Å². The van der Waals surface area contributed by atoms with E-state index in [1.807, 2.05) is 0 Å². The van der Waals surface area contributed by atoms with E-state index >= 15 is 0 Å². The minimum Gasteiger partial charge on any atom is -0.462 e. The van der Waals surface area contributed by atoms with E-state index in [4.69, 9.17) is 14.2 Å². The predicted molar refractivity (Wildman–Crippen MR) is 289 cm³/mol.